The van der Waals surface area contributed by atoms with Gasteiger partial charge >= 0.3 is 0 Å². The Morgan fingerprint density at radius 1 is 1.56 bits per heavy atom. The predicted molar refractivity (Wildman–Crippen MR) is 75.0 cm³/mol. The SMILES string of the molecule is C#CCN(CCC)S(=O)(=O)c1ccsc1CNC. The van der Waals surface area contributed by atoms with Crippen molar-refractivity contribution in [3.05, 3.63) is 16.3 Å². The molecule has 0 amide bonds. The number of thiophene rings is 1. The van der Waals surface area contributed by atoms with Crippen molar-refractivity contribution in [1.29, 1.82) is 0 Å². The van der Waals surface area contributed by atoms with E-state index in [0.29, 0.717) is 18.0 Å². The minimum atomic E-state index is -3.47. The molecule has 0 aliphatic rings. The number of sulfonamides is 1. The van der Waals surface area contributed by atoms with Gasteiger partial charge in [-0.2, -0.15) is 4.31 Å². The number of hydrogen-bond acceptors (Lipinski definition) is 4. The highest BCUT2D eigenvalue weighted by atomic mass is 32.2. The molecule has 0 saturated heterocycles. The molecule has 0 fully saturated rings. The molecule has 0 radical (unpaired) electrons. The quantitative estimate of drug-likeness (QED) is 0.773. The van der Waals surface area contributed by atoms with E-state index in [0.717, 1.165) is 11.3 Å². The van der Waals surface area contributed by atoms with Crippen LogP contribution in [0, 0.1) is 12.3 Å². The molecule has 0 aliphatic heterocycles. The van der Waals surface area contributed by atoms with Crippen LogP contribution in [0.3, 0.4) is 0 Å². The van der Waals surface area contributed by atoms with Gasteiger partial charge in [0.1, 0.15) is 0 Å². The fourth-order valence-corrected chi connectivity index (χ4v) is 4.49. The summed E-state index contributed by atoms with van der Waals surface area (Å²) < 4.78 is 26.3. The minimum absolute atomic E-state index is 0.116. The average Bonchev–Trinajstić information content (AvgIpc) is 2.78. The smallest absolute Gasteiger partial charge is 0.245 e. The number of hydrogen-bond donors (Lipinski definition) is 1. The second-order valence-electron chi connectivity index (χ2n) is 3.78. The Balaban J connectivity index is 3.10. The molecule has 18 heavy (non-hydrogen) atoms. The lowest BCUT2D eigenvalue weighted by Crippen LogP contribution is -2.32. The lowest BCUT2D eigenvalue weighted by Gasteiger charge is -2.19. The Hall–Kier alpha value is -0.870. The van der Waals surface area contributed by atoms with Crippen molar-refractivity contribution in [2.24, 2.45) is 0 Å². The van der Waals surface area contributed by atoms with Gasteiger partial charge in [0, 0.05) is 18.0 Å². The number of nitrogens with one attached hydrogen (secondary N) is 1. The Morgan fingerprint density at radius 3 is 2.83 bits per heavy atom. The third-order valence-electron chi connectivity index (χ3n) is 2.40. The maximum Gasteiger partial charge on any atom is 0.245 e. The van der Waals surface area contributed by atoms with Gasteiger partial charge in [-0.15, -0.1) is 17.8 Å². The van der Waals surface area contributed by atoms with Crippen LogP contribution in [0.1, 0.15) is 18.2 Å². The van der Waals surface area contributed by atoms with Crippen LogP contribution in [0.15, 0.2) is 16.3 Å². The molecular weight excluding hydrogens is 268 g/mol. The van der Waals surface area contributed by atoms with Gasteiger partial charge in [-0.1, -0.05) is 12.8 Å². The van der Waals surface area contributed by atoms with E-state index < -0.39 is 10.0 Å². The van der Waals surface area contributed by atoms with Crippen molar-refractivity contribution in [2.45, 2.75) is 24.8 Å². The number of rotatable bonds is 7. The molecule has 0 aromatic carbocycles. The predicted octanol–water partition coefficient (Wildman–Crippen LogP) is 1.50. The van der Waals surface area contributed by atoms with Gasteiger partial charge in [0.25, 0.3) is 0 Å². The molecule has 6 heteroatoms. The first-order valence-electron chi connectivity index (χ1n) is 5.72. The first kappa shape index (κ1) is 15.2. The molecule has 1 aromatic rings. The van der Waals surface area contributed by atoms with E-state index in [9.17, 15) is 8.42 Å². The largest absolute Gasteiger partial charge is 0.315 e. The van der Waals surface area contributed by atoms with Crippen molar-refractivity contribution in [2.75, 3.05) is 20.1 Å². The molecule has 1 aromatic heterocycles. The van der Waals surface area contributed by atoms with Crippen molar-refractivity contribution < 1.29 is 8.42 Å². The van der Waals surface area contributed by atoms with E-state index >= 15 is 0 Å². The molecule has 1 N–H and O–H groups in total. The zero-order valence-corrected chi connectivity index (χ0v) is 12.3. The van der Waals surface area contributed by atoms with E-state index in [1.165, 1.54) is 15.6 Å². The second kappa shape index (κ2) is 6.90. The van der Waals surface area contributed by atoms with E-state index in [2.05, 4.69) is 11.2 Å². The second-order valence-corrected chi connectivity index (χ2v) is 6.69. The molecule has 0 atom stereocenters. The summed E-state index contributed by atoms with van der Waals surface area (Å²) in [7, 11) is -1.68. The lowest BCUT2D eigenvalue weighted by molar-refractivity contribution is 0.445. The summed E-state index contributed by atoms with van der Waals surface area (Å²) in [5.41, 5.74) is 0. The van der Waals surface area contributed by atoms with Crippen molar-refractivity contribution >= 4 is 21.4 Å². The lowest BCUT2D eigenvalue weighted by atomic mass is 10.5. The first-order valence-corrected chi connectivity index (χ1v) is 8.04. The van der Waals surface area contributed by atoms with Crippen LogP contribution in [0.2, 0.25) is 0 Å². The average molecular weight is 286 g/mol. The van der Waals surface area contributed by atoms with Crippen LogP contribution in [0.4, 0.5) is 0 Å². The van der Waals surface area contributed by atoms with Crippen LogP contribution in [0.5, 0.6) is 0 Å². The Morgan fingerprint density at radius 2 is 2.28 bits per heavy atom. The number of terminal acetylenes is 1. The molecule has 100 valence electrons. The highest BCUT2D eigenvalue weighted by Gasteiger charge is 2.26. The van der Waals surface area contributed by atoms with Gasteiger partial charge in [0.2, 0.25) is 10.0 Å². The third-order valence-corrected chi connectivity index (χ3v) is 5.38. The molecule has 0 spiro atoms. The molecular formula is C12H18N2O2S2. The van der Waals surface area contributed by atoms with Crippen molar-refractivity contribution in [3.63, 3.8) is 0 Å². The highest BCUT2D eigenvalue weighted by Crippen LogP contribution is 2.25. The van der Waals surface area contributed by atoms with E-state index in [4.69, 9.17) is 6.42 Å². The molecule has 1 rings (SSSR count). The summed E-state index contributed by atoms with van der Waals surface area (Å²) in [5.74, 6) is 2.41. The van der Waals surface area contributed by atoms with Gasteiger partial charge < -0.3 is 5.32 Å². The van der Waals surface area contributed by atoms with Crippen LogP contribution in [-0.4, -0.2) is 32.9 Å². The summed E-state index contributed by atoms with van der Waals surface area (Å²) >= 11 is 1.43. The zero-order valence-electron chi connectivity index (χ0n) is 10.6. The Kier molecular flexibility index (Phi) is 5.82. The van der Waals surface area contributed by atoms with E-state index in [1.807, 2.05) is 6.92 Å². The fraction of sp³-hybridized carbons (Fsp3) is 0.500. The molecule has 0 unspecified atom stereocenters. The molecule has 0 saturated carbocycles. The summed E-state index contributed by atoms with van der Waals surface area (Å²) in [5, 5.41) is 4.76. The zero-order chi connectivity index (χ0) is 13.6. The fourth-order valence-electron chi connectivity index (χ4n) is 1.62. The summed E-state index contributed by atoms with van der Waals surface area (Å²) in [6.07, 6.45) is 5.98. The molecule has 0 bridgehead atoms. The van der Waals surface area contributed by atoms with Crippen LogP contribution in [0.25, 0.3) is 0 Å². The van der Waals surface area contributed by atoms with Gasteiger partial charge in [0.05, 0.1) is 11.4 Å². The Bertz CT molecular complexity index is 514. The van der Waals surface area contributed by atoms with Crippen LogP contribution < -0.4 is 5.32 Å². The number of nitrogens with zero attached hydrogens (tertiary/aromatic N) is 1. The van der Waals surface area contributed by atoms with Crippen LogP contribution >= 0.6 is 11.3 Å². The van der Waals surface area contributed by atoms with Crippen molar-refractivity contribution in [3.8, 4) is 12.3 Å². The van der Waals surface area contributed by atoms with Crippen molar-refractivity contribution in [1.82, 2.24) is 9.62 Å². The van der Waals surface area contributed by atoms with Gasteiger partial charge in [-0.25, -0.2) is 8.42 Å². The molecule has 1 heterocycles. The maximum absolute atomic E-state index is 12.5. The van der Waals surface area contributed by atoms with Crippen LogP contribution in [-0.2, 0) is 16.6 Å². The summed E-state index contributed by atoms with van der Waals surface area (Å²) in [6, 6.07) is 1.64. The first-order chi connectivity index (χ1) is 8.57. The monoisotopic (exact) mass is 286 g/mol. The summed E-state index contributed by atoms with van der Waals surface area (Å²) in [6.45, 7) is 3.04. The highest BCUT2D eigenvalue weighted by molar-refractivity contribution is 7.89. The maximum atomic E-state index is 12.5. The summed E-state index contributed by atoms with van der Waals surface area (Å²) in [4.78, 5) is 1.18. The van der Waals surface area contributed by atoms with Gasteiger partial charge in [0.15, 0.2) is 0 Å². The van der Waals surface area contributed by atoms with Gasteiger partial charge in [-0.05, 0) is 24.9 Å². The molecule has 4 nitrogen and oxygen atoms in total. The standard InChI is InChI=1S/C12H18N2O2S2/c1-4-7-14(8-5-2)18(15,16)12-6-9-17-11(12)10-13-3/h1,6,9,13H,5,7-8,10H2,2-3H3. The third kappa shape index (κ3) is 3.33. The molecule has 0 aliphatic carbocycles. The van der Waals surface area contributed by atoms with E-state index in [-0.39, 0.29) is 6.54 Å². The van der Waals surface area contributed by atoms with E-state index in [1.54, 1.807) is 18.5 Å². The van der Waals surface area contributed by atoms with Gasteiger partial charge in [-0.3, -0.25) is 0 Å². The normalized spacial score (nSPS) is 11.7. The topological polar surface area (TPSA) is 49.4 Å². The Labute approximate surface area is 113 Å². The minimum Gasteiger partial charge on any atom is -0.315 e.